The number of nitrogens with one attached hydrogen (secondary N) is 1. The second-order valence-electron chi connectivity index (χ2n) is 6.01. The second kappa shape index (κ2) is 7.09. The molecule has 1 saturated heterocycles. The van der Waals surface area contributed by atoms with Crippen LogP contribution in [0.4, 0.5) is 5.69 Å². The lowest BCUT2D eigenvalue weighted by atomic mass is 10.1. The predicted octanol–water partition coefficient (Wildman–Crippen LogP) is 3.52. The van der Waals surface area contributed by atoms with Gasteiger partial charge in [-0.3, -0.25) is 9.59 Å². The maximum Gasteiger partial charge on any atom is 0.244 e. The van der Waals surface area contributed by atoms with Crippen LogP contribution in [0.3, 0.4) is 0 Å². The zero-order chi connectivity index (χ0) is 17.1. The summed E-state index contributed by atoms with van der Waals surface area (Å²) in [5, 5.41) is 2.76. The lowest BCUT2D eigenvalue weighted by Gasteiger charge is -2.23. The van der Waals surface area contributed by atoms with Crippen LogP contribution in [-0.2, 0) is 9.59 Å². The number of benzene rings is 2. The van der Waals surface area contributed by atoms with Crippen molar-refractivity contribution in [3.8, 4) is 0 Å². The average Bonchev–Trinajstić information content (AvgIpc) is 2.91. The van der Waals surface area contributed by atoms with Gasteiger partial charge in [-0.15, -0.1) is 11.8 Å². The van der Waals surface area contributed by atoms with E-state index in [-0.39, 0.29) is 23.7 Å². The molecule has 0 saturated carbocycles. The first-order chi connectivity index (χ1) is 11.5. The maximum atomic E-state index is 12.3. The van der Waals surface area contributed by atoms with Crippen molar-refractivity contribution in [3.05, 3.63) is 65.2 Å². The van der Waals surface area contributed by atoms with Gasteiger partial charge in [0.2, 0.25) is 11.8 Å². The smallest absolute Gasteiger partial charge is 0.244 e. The van der Waals surface area contributed by atoms with Crippen LogP contribution in [0, 0.1) is 13.8 Å². The number of hydrogen-bond acceptors (Lipinski definition) is 3. The molecule has 0 spiro atoms. The zero-order valence-corrected chi connectivity index (χ0v) is 14.6. The Labute approximate surface area is 146 Å². The van der Waals surface area contributed by atoms with Gasteiger partial charge >= 0.3 is 0 Å². The topological polar surface area (TPSA) is 49.4 Å². The first kappa shape index (κ1) is 16.6. The molecule has 1 aliphatic rings. The van der Waals surface area contributed by atoms with Crippen molar-refractivity contribution < 1.29 is 9.59 Å². The van der Waals surface area contributed by atoms with Crippen molar-refractivity contribution in [2.75, 3.05) is 17.6 Å². The van der Waals surface area contributed by atoms with Crippen molar-refractivity contribution in [2.45, 2.75) is 19.2 Å². The van der Waals surface area contributed by atoms with E-state index < -0.39 is 0 Å². The molecule has 0 aromatic heterocycles. The number of thioether (sulfide) groups is 1. The molecule has 4 nitrogen and oxygen atoms in total. The largest absolute Gasteiger partial charge is 0.325 e. The molecule has 124 valence electrons. The number of hydrogen-bond donors (Lipinski definition) is 1. The van der Waals surface area contributed by atoms with E-state index in [1.807, 2.05) is 62.4 Å². The number of anilines is 1. The van der Waals surface area contributed by atoms with Crippen LogP contribution in [0.1, 0.15) is 22.1 Å². The van der Waals surface area contributed by atoms with Gasteiger partial charge in [0, 0.05) is 5.69 Å². The highest BCUT2D eigenvalue weighted by Gasteiger charge is 2.34. The van der Waals surface area contributed by atoms with E-state index in [9.17, 15) is 9.59 Å². The van der Waals surface area contributed by atoms with Gasteiger partial charge in [-0.25, -0.2) is 0 Å². The molecule has 2 amide bonds. The Balaban J connectivity index is 1.69. The van der Waals surface area contributed by atoms with Gasteiger partial charge in [-0.1, -0.05) is 47.5 Å². The molecule has 1 aliphatic heterocycles. The van der Waals surface area contributed by atoms with Crippen molar-refractivity contribution in [1.82, 2.24) is 4.90 Å². The lowest BCUT2D eigenvalue weighted by molar-refractivity contribution is -0.132. The number of carbonyl (C=O) groups is 2. The van der Waals surface area contributed by atoms with E-state index in [4.69, 9.17) is 0 Å². The summed E-state index contributed by atoms with van der Waals surface area (Å²) in [4.78, 5) is 26.1. The second-order valence-corrected chi connectivity index (χ2v) is 7.08. The molecule has 0 unspecified atom stereocenters. The van der Waals surface area contributed by atoms with Gasteiger partial charge in [0.15, 0.2) is 0 Å². The minimum atomic E-state index is -0.174. The molecule has 1 N–H and O–H groups in total. The van der Waals surface area contributed by atoms with E-state index in [1.165, 1.54) is 5.56 Å². The SMILES string of the molecule is Cc1ccc(NC(=O)CN2C(=O)CS[C@H]2c2ccc(C)cc2)cc1. The Hall–Kier alpha value is -2.27. The van der Waals surface area contributed by atoms with Crippen molar-refractivity contribution in [3.63, 3.8) is 0 Å². The fourth-order valence-electron chi connectivity index (χ4n) is 2.62. The quantitative estimate of drug-likeness (QED) is 0.926. The lowest BCUT2D eigenvalue weighted by Crippen LogP contribution is -2.36. The minimum Gasteiger partial charge on any atom is -0.325 e. The van der Waals surface area contributed by atoms with Gasteiger partial charge in [0.25, 0.3) is 0 Å². The molecule has 1 heterocycles. The molecule has 2 aromatic carbocycles. The first-order valence-electron chi connectivity index (χ1n) is 7.87. The van der Waals surface area contributed by atoms with Gasteiger partial charge in [-0.05, 0) is 31.5 Å². The fraction of sp³-hybridized carbons (Fsp3) is 0.263. The van der Waals surface area contributed by atoms with Crippen LogP contribution < -0.4 is 5.32 Å². The van der Waals surface area contributed by atoms with Gasteiger partial charge in [-0.2, -0.15) is 0 Å². The van der Waals surface area contributed by atoms with Gasteiger partial charge in [0.05, 0.1) is 5.75 Å². The number of aryl methyl sites for hydroxylation is 2. The molecule has 3 rings (SSSR count). The standard InChI is InChI=1S/C19H20N2O2S/c1-13-3-7-15(8-4-13)19-21(18(23)12-24-19)11-17(22)20-16-9-5-14(2)6-10-16/h3-10,19H,11-12H2,1-2H3,(H,20,22)/t19-/m0/s1. The van der Waals surface area contributed by atoms with Crippen LogP contribution in [-0.4, -0.2) is 29.0 Å². The monoisotopic (exact) mass is 340 g/mol. The Kier molecular flexibility index (Phi) is 4.90. The summed E-state index contributed by atoms with van der Waals surface area (Å²) in [6, 6.07) is 15.7. The van der Waals surface area contributed by atoms with Crippen LogP contribution in [0.15, 0.2) is 48.5 Å². The minimum absolute atomic E-state index is 0.00429. The van der Waals surface area contributed by atoms with Gasteiger partial charge in [0.1, 0.15) is 11.9 Å². The molecule has 1 atom stereocenters. The fourth-order valence-corrected chi connectivity index (χ4v) is 3.81. The third kappa shape index (κ3) is 3.79. The molecule has 2 aromatic rings. The number of nitrogens with zero attached hydrogens (tertiary/aromatic N) is 1. The molecule has 5 heteroatoms. The maximum absolute atomic E-state index is 12.3. The third-order valence-electron chi connectivity index (χ3n) is 3.98. The van der Waals surface area contributed by atoms with E-state index in [0.29, 0.717) is 5.75 Å². The van der Waals surface area contributed by atoms with E-state index in [2.05, 4.69) is 5.32 Å². The Bertz CT molecular complexity index is 741. The molecule has 0 radical (unpaired) electrons. The Morgan fingerprint density at radius 1 is 1.08 bits per heavy atom. The molecular weight excluding hydrogens is 320 g/mol. The normalized spacial score (nSPS) is 17.2. The highest BCUT2D eigenvalue weighted by Crippen LogP contribution is 2.38. The summed E-state index contributed by atoms with van der Waals surface area (Å²) < 4.78 is 0. The van der Waals surface area contributed by atoms with E-state index in [0.717, 1.165) is 16.8 Å². The highest BCUT2D eigenvalue weighted by molar-refractivity contribution is 8.00. The first-order valence-corrected chi connectivity index (χ1v) is 8.92. The summed E-state index contributed by atoms with van der Waals surface area (Å²) >= 11 is 1.56. The van der Waals surface area contributed by atoms with Crippen molar-refractivity contribution in [2.24, 2.45) is 0 Å². The summed E-state index contributed by atoms with van der Waals surface area (Å²) in [6.07, 6.45) is 0. The van der Waals surface area contributed by atoms with Gasteiger partial charge < -0.3 is 10.2 Å². The number of carbonyl (C=O) groups excluding carboxylic acids is 2. The molecule has 0 aliphatic carbocycles. The van der Waals surface area contributed by atoms with Crippen LogP contribution in [0.25, 0.3) is 0 Å². The van der Waals surface area contributed by atoms with Crippen LogP contribution in [0.2, 0.25) is 0 Å². The van der Waals surface area contributed by atoms with Crippen molar-refractivity contribution in [1.29, 1.82) is 0 Å². The van der Waals surface area contributed by atoms with Crippen molar-refractivity contribution >= 4 is 29.3 Å². The highest BCUT2D eigenvalue weighted by atomic mass is 32.2. The third-order valence-corrected chi connectivity index (χ3v) is 5.24. The van der Waals surface area contributed by atoms with Crippen LogP contribution in [0.5, 0.6) is 0 Å². The summed E-state index contributed by atoms with van der Waals surface area (Å²) in [6.45, 7) is 4.10. The average molecular weight is 340 g/mol. The summed E-state index contributed by atoms with van der Waals surface area (Å²) in [5.74, 6) is 0.243. The summed E-state index contributed by atoms with van der Waals surface area (Å²) in [5.41, 5.74) is 4.12. The molecule has 0 bridgehead atoms. The molecule has 24 heavy (non-hydrogen) atoms. The predicted molar refractivity (Wildman–Crippen MR) is 97.9 cm³/mol. The number of rotatable bonds is 4. The zero-order valence-electron chi connectivity index (χ0n) is 13.8. The van der Waals surface area contributed by atoms with Crippen LogP contribution >= 0.6 is 11.8 Å². The summed E-state index contributed by atoms with van der Waals surface area (Å²) in [7, 11) is 0. The van der Waals surface area contributed by atoms with E-state index in [1.54, 1.807) is 16.7 Å². The molecule has 1 fully saturated rings. The Morgan fingerprint density at radius 3 is 2.29 bits per heavy atom. The number of amides is 2. The van der Waals surface area contributed by atoms with E-state index >= 15 is 0 Å². The Morgan fingerprint density at radius 2 is 1.67 bits per heavy atom. The molecular formula is C19H20N2O2S.